The predicted octanol–water partition coefficient (Wildman–Crippen LogP) is 1.77. The second kappa shape index (κ2) is 6.96. The molecule has 0 radical (unpaired) electrons. The number of aromatic nitrogens is 2. The van der Waals surface area contributed by atoms with Gasteiger partial charge in [-0.3, -0.25) is 4.55 Å². The molecule has 10 heteroatoms. The second-order valence-electron chi connectivity index (χ2n) is 6.67. The van der Waals surface area contributed by atoms with Crippen molar-refractivity contribution in [2.75, 3.05) is 30.4 Å². The van der Waals surface area contributed by atoms with Gasteiger partial charge in [-0.25, -0.2) is 9.97 Å². The van der Waals surface area contributed by atoms with E-state index in [-0.39, 0.29) is 23.5 Å². The number of anilines is 1. The van der Waals surface area contributed by atoms with Crippen molar-refractivity contribution in [3.63, 3.8) is 0 Å². The van der Waals surface area contributed by atoms with Crippen molar-refractivity contribution in [1.29, 1.82) is 0 Å². The lowest BCUT2D eigenvalue weighted by atomic mass is 9.95. The van der Waals surface area contributed by atoms with Crippen LogP contribution in [0.4, 0.5) is 5.82 Å². The van der Waals surface area contributed by atoms with Crippen LogP contribution in [0, 0.1) is 0 Å². The van der Waals surface area contributed by atoms with Gasteiger partial charge in [0.15, 0.2) is 0 Å². The molecule has 0 bridgehead atoms. The first-order chi connectivity index (χ1) is 11.7. The van der Waals surface area contributed by atoms with Crippen LogP contribution in [0.5, 0.6) is 0 Å². The fourth-order valence-corrected chi connectivity index (χ4v) is 4.05. The number of nitrogens with zero attached hydrogens (tertiary/aromatic N) is 3. The molecular formula is C15H22ClN3O5S. The normalized spacial score (nSPS) is 26.7. The van der Waals surface area contributed by atoms with Crippen molar-refractivity contribution < 1.29 is 22.4 Å². The topological polar surface area (TPSA) is 102 Å². The minimum atomic E-state index is -4.00. The molecule has 2 unspecified atom stereocenters. The molecule has 8 nitrogen and oxygen atoms in total. The molecule has 0 amide bonds. The summed E-state index contributed by atoms with van der Waals surface area (Å²) >= 11 is 6.16. The number of morpholine rings is 1. The van der Waals surface area contributed by atoms with Gasteiger partial charge in [0.05, 0.1) is 37.3 Å². The van der Waals surface area contributed by atoms with Gasteiger partial charge in [0.1, 0.15) is 11.4 Å². The number of halogens is 1. The molecule has 1 aromatic heterocycles. The van der Waals surface area contributed by atoms with E-state index in [1.54, 1.807) is 0 Å². The number of hydrogen-bond donors (Lipinski definition) is 1. The molecule has 140 valence electrons. The lowest BCUT2D eigenvalue weighted by Gasteiger charge is -2.35. The molecular weight excluding hydrogens is 370 g/mol. The molecule has 1 N–H and O–H groups in total. The van der Waals surface area contributed by atoms with Crippen LogP contribution >= 0.6 is 11.6 Å². The highest BCUT2D eigenvalue weighted by Gasteiger charge is 2.41. The first-order valence-electron chi connectivity index (χ1n) is 8.20. The van der Waals surface area contributed by atoms with E-state index in [1.165, 1.54) is 0 Å². The molecule has 1 saturated heterocycles. The second-order valence-corrected chi connectivity index (χ2v) is 8.58. The maximum atomic E-state index is 11.0. The average molecular weight is 392 g/mol. The quantitative estimate of drug-likeness (QED) is 0.598. The van der Waals surface area contributed by atoms with Crippen molar-refractivity contribution in [1.82, 2.24) is 9.97 Å². The highest BCUT2D eigenvalue weighted by Crippen LogP contribution is 2.42. The van der Waals surface area contributed by atoms with Crippen LogP contribution < -0.4 is 4.90 Å². The van der Waals surface area contributed by atoms with Gasteiger partial charge >= 0.3 is 0 Å². The Morgan fingerprint density at radius 1 is 1.44 bits per heavy atom. The SMILES string of the molecule is CC1COCCN1c1nc(Cl)nc2c1COC2(C)CCCS(=O)(=O)O. The molecule has 0 spiro atoms. The highest BCUT2D eigenvalue weighted by atomic mass is 35.5. The Bertz CT molecular complexity index is 760. The molecule has 2 aliphatic heterocycles. The molecule has 2 aliphatic rings. The summed E-state index contributed by atoms with van der Waals surface area (Å²) in [6.45, 7) is 6.20. The largest absolute Gasteiger partial charge is 0.377 e. The Labute approximate surface area is 152 Å². The van der Waals surface area contributed by atoms with E-state index in [2.05, 4.69) is 21.8 Å². The lowest BCUT2D eigenvalue weighted by Crippen LogP contribution is -2.44. The number of ether oxygens (including phenoxy) is 2. The van der Waals surface area contributed by atoms with Gasteiger partial charge in [-0.1, -0.05) is 0 Å². The zero-order chi connectivity index (χ0) is 18.2. The van der Waals surface area contributed by atoms with Crippen molar-refractivity contribution in [3.05, 3.63) is 16.5 Å². The third kappa shape index (κ3) is 4.06. The van der Waals surface area contributed by atoms with Crippen molar-refractivity contribution in [2.24, 2.45) is 0 Å². The highest BCUT2D eigenvalue weighted by molar-refractivity contribution is 7.85. The smallest absolute Gasteiger partial charge is 0.264 e. The summed E-state index contributed by atoms with van der Waals surface area (Å²) in [6, 6.07) is 0.162. The third-order valence-electron chi connectivity index (χ3n) is 4.69. The van der Waals surface area contributed by atoms with Crippen LogP contribution in [0.2, 0.25) is 5.28 Å². The zero-order valence-electron chi connectivity index (χ0n) is 14.2. The predicted molar refractivity (Wildman–Crippen MR) is 92.5 cm³/mol. The van der Waals surface area contributed by atoms with Gasteiger partial charge in [0.2, 0.25) is 5.28 Å². The Kier molecular flexibility index (Phi) is 5.23. The fraction of sp³-hybridized carbons (Fsp3) is 0.733. The molecule has 1 fully saturated rings. The van der Waals surface area contributed by atoms with Crippen LogP contribution in [0.25, 0.3) is 0 Å². The standard InChI is InChI=1S/C15H22ClN3O5S/c1-10-8-23-6-5-19(10)13-11-9-24-15(2,4-3-7-25(20,21)22)12(11)17-14(16)18-13/h10H,3-9H2,1-2H3,(H,20,21,22). The summed E-state index contributed by atoms with van der Waals surface area (Å²) < 4.78 is 42.3. The van der Waals surface area contributed by atoms with Crippen LogP contribution in [0.3, 0.4) is 0 Å². The molecule has 0 saturated carbocycles. The van der Waals surface area contributed by atoms with Crippen LogP contribution in [0.1, 0.15) is 37.9 Å². The maximum absolute atomic E-state index is 11.0. The van der Waals surface area contributed by atoms with Gasteiger partial charge in [-0.2, -0.15) is 8.42 Å². The summed E-state index contributed by atoms with van der Waals surface area (Å²) in [4.78, 5) is 10.9. The molecule has 0 aliphatic carbocycles. The monoisotopic (exact) mass is 391 g/mol. The number of fused-ring (bicyclic) bond motifs is 1. The molecule has 3 heterocycles. The summed E-state index contributed by atoms with van der Waals surface area (Å²) in [5.74, 6) is 0.442. The third-order valence-corrected chi connectivity index (χ3v) is 5.66. The van der Waals surface area contributed by atoms with Crippen LogP contribution in [-0.4, -0.2) is 54.5 Å². The number of hydrogen-bond acceptors (Lipinski definition) is 7. The minimum Gasteiger partial charge on any atom is -0.377 e. The van der Waals surface area contributed by atoms with Crippen molar-refractivity contribution in [2.45, 2.75) is 44.9 Å². The summed E-state index contributed by atoms with van der Waals surface area (Å²) in [6.07, 6.45) is 0.672. The lowest BCUT2D eigenvalue weighted by molar-refractivity contribution is -0.0320. The van der Waals surface area contributed by atoms with E-state index in [0.29, 0.717) is 38.5 Å². The number of rotatable bonds is 5. The minimum absolute atomic E-state index is 0.138. The molecule has 3 rings (SSSR count). The van der Waals surface area contributed by atoms with E-state index < -0.39 is 15.7 Å². The van der Waals surface area contributed by atoms with E-state index in [1.807, 2.05) is 6.92 Å². The maximum Gasteiger partial charge on any atom is 0.264 e. The fourth-order valence-electron chi connectivity index (χ4n) is 3.38. The molecule has 25 heavy (non-hydrogen) atoms. The summed E-state index contributed by atoms with van der Waals surface area (Å²) in [7, 11) is -4.00. The Hall–Kier alpha value is -1.00. The summed E-state index contributed by atoms with van der Waals surface area (Å²) in [5.41, 5.74) is 0.820. The summed E-state index contributed by atoms with van der Waals surface area (Å²) in [5, 5.41) is 0.138. The average Bonchev–Trinajstić information content (AvgIpc) is 2.83. The first-order valence-corrected chi connectivity index (χ1v) is 10.2. The van der Waals surface area contributed by atoms with Gasteiger partial charge in [-0.15, -0.1) is 0 Å². The van der Waals surface area contributed by atoms with E-state index in [4.69, 9.17) is 25.6 Å². The molecule has 1 aromatic rings. The first kappa shape index (κ1) is 18.8. The Balaban J connectivity index is 1.89. The van der Waals surface area contributed by atoms with Crippen molar-refractivity contribution in [3.8, 4) is 0 Å². The Morgan fingerprint density at radius 3 is 2.88 bits per heavy atom. The van der Waals surface area contributed by atoms with Crippen LogP contribution in [-0.2, 0) is 31.8 Å². The van der Waals surface area contributed by atoms with Gasteiger partial charge < -0.3 is 14.4 Å². The van der Waals surface area contributed by atoms with Gasteiger partial charge in [0.25, 0.3) is 10.1 Å². The Morgan fingerprint density at radius 2 is 2.20 bits per heavy atom. The van der Waals surface area contributed by atoms with E-state index >= 15 is 0 Å². The van der Waals surface area contributed by atoms with Gasteiger partial charge in [0, 0.05) is 12.1 Å². The zero-order valence-corrected chi connectivity index (χ0v) is 15.8. The van der Waals surface area contributed by atoms with Gasteiger partial charge in [-0.05, 0) is 38.3 Å². The molecule has 0 aromatic carbocycles. The van der Waals surface area contributed by atoms with Crippen LogP contribution in [0.15, 0.2) is 0 Å². The van der Waals surface area contributed by atoms with Crippen molar-refractivity contribution >= 4 is 27.5 Å². The van der Waals surface area contributed by atoms with E-state index in [9.17, 15) is 8.42 Å². The van der Waals surface area contributed by atoms with E-state index in [0.717, 1.165) is 11.4 Å². The molecule has 2 atom stereocenters.